The number of aliphatic hydroxyl groups is 1. The summed E-state index contributed by atoms with van der Waals surface area (Å²) in [6, 6.07) is 0. The molecule has 0 aromatic rings. The number of rotatable bonds is 83. The van der Waals surface area contributed by atoms with Crippen LogP contribution in [0.1, 0.15) is 445 Å². The van der Waals surface area contributed by atoms with Gasteiger partial charge in [-0.1, -0.05) is 394 Å². The summed E-state index contributed by atoms with van der Waals surface area (Å²) in [4.78, 5) is 72.7. The average molecular weight is 1480 g/mol. The van der Waals surface area contributed by atoms with Crippen molar-refractivity contribution in [1.29, 1.82) is 0 Å². The molecule has 0 rings (SSSR count). The maximum absolute atomic E-state index is 13.1. The lowest BCUT2D eigenvalue weighted by Gasteiger charge is -2.21. The van der Waals surface area contributed by atoms with E-state index in [0.29, 0.717) is 25.7 Å². The summed E-state index contributed by atoms with van der Waals surface area (Å²) < 4.78 is 68.5. The van der Waals surface area contributed by atoms with Crippen LogP contribution in [0.25, 0.3) is 0 Å². The molecular formula is C82H160O17P2. The monoisotopic (exact) mass is 1480 g/mol. The highest BCUT2D eigenvalue weighted by Crippen LogP contribution is 2.45. The molecule has 0 spiro atoms. The number of esters is 4. The predicted octanol–water partition coefficient (Wildman–Crippen LogP) is 25.0. The highest BCUT2D eigenvalue weighted by molar-refractivity contribution is 7.47. The zero-order chi connectivity index (χ0) is 73.9. The number of unbranched alkanes of at least 4 members (excludes halogenated alkanes) is 57. The van der Waals surface area contributed by atoms with Gasteiger partial charge in [-0.2, -0.15) is 0 Å². The van der Waals surface area contributed by atoms with Gasteiger partial charge in [0.15, 0.2) is 12.2 Å². The fourth-order valence-corrected chi connectivity index (χ4v) is 14.4. The van der Waals surface area contributed by atoms with Crippen molar-refractivity contribution in [2.75, 3.05) is 39.6 Å². The van der Waals surface area contributed by atoms with Gasteiger partial charge in [0.05, 0.1) is 26.4 Å². The summed E-state index contributed by atoms with van der Waals surface area (Å²) in [5.74, 6) is -2.12. The SMILES string of the molecule is CCCCCCCCCCCCCCCCCCCCCCCC(=O)O[C@H](COC(=O)CCCCCCCCCCCCCCCCCCCCCC)COP(=O)(O)OC[C@@H](O)COP(=O)(O)OC[C@@H](COC(=O)CCCCCCC)OC(=O)CCCCCCCCCCCCCCCCC. The zero-order valence-corrected chi connectivity index (χ0v) is 67.7. The van der Waals surface area contributed by atoms with Crippen molar-refractivity contribution in [2.45, 2.75) is 463 Å². The minimum atomic E-state index is -4.96. The highest BCUT2D eigenvalue weighted by Gasteiger charge is 2.30. The van der Waals surface area contributed by atoms with Crippen LogP contribution in [0.2, 0.25) is 0 Å². The predicted molar refractivity (Wildman–Crippen MR) is 414 cm³/mol. The number of hydrogen-bond donors (Lipinski definition) is 3. The standard InChI is InChI=1S/C82H160O17P2/c1-5-9-13-17-20-23-26-29-32-34-36-38-40-42-45-48-51-54-57-61-65-69-82(87)99-78(73-93-80(85)67-63-59-55-52-49-46-44-41-39-37-35-33-30-27-24-21-18-14-10-6-2)75-97-101(90,91)95-71-76(83)70-94-100(88,89)96-74-77(72-92-79(84)66-62-58-16-12-8-4)98-81(86)68-64-60-56-53-50-47-43-31-28-25-22-19-15-11-7-3/h76-78,83H,5-75H2,1-4H3,(H,88,89)(H,90,91)/t76-,77+,78+/m0/s1. The third kappa shape index (κ3) is 76.1. The third-order valence-corrected chi connectivity index (χ3v) is 21.3. The van der Waals surface area contributed by atoms with Gasteiger partial charge in [0.25, 0.3) is 0 Å². The van der Waals surface area contributed by atoms with Crippen molar-refractivity contribution in [3.8, 4) is 0 Å². The summed E-state index contributed by atoms with van der Waals surface area (Å²) in [5, 5.41) is 10.6. The van der Waals surface area contributed by atoms with E-state index >= 15 is 0 Å². The maximum Gasteiger partial charge on any atom is 0.472 e. The van der Waals surface area contributed by atoms with Crippen LogP contribution in [-0.4, -0.2) is 96.7 Å². The van der Waals surface area contributed by atoms with E-state index in [-0.39, 0.29) is 25.7 Å². The Hall–Kier alpha value is -1.94. The first-order valence-corrected chi connectivity index (χ1v) is 45.8. The molecule has 0 fully saturated rings. The Kier molecular flexibility index (Phi) is 74.8. The van der Waals surface area contributed by atoms with E-state index in [1.165, 1.54) is 270 Å². The van der Waals surface area contributed by atoms with Crippen LogP contribution in [0.4, 0.5) is 0 Å². The second-order valence-corrected chi connectivity index (χ2v) is 32.4. The second-order valence-electron chi connectivity index (χ2n) is 29.5. The average Bonchev–Trinajstić information content (AvgIpc) is 0.939. The molecule has 600 valence electrons. The number of aliphatic hydroxyl groups excluding tert-OH is 1. The fourth-order valence-electron chi connectivity index (χ4n) is 12.8. The Balaban J connectivity index is 5.11. The topological polar surface area (TPSA) is 237 Å². The number of carbonyl (C=O) groups excluding carboxylic acids is 4. The lowest BCUT2D eigenvalue weighted by molar-refractivity contribution is -0.161. The molecule has 0 saturated heterocycles. The van der Waals surface area contributed by atoms with Crippen LogP contribution >= 0.6 is 15.6 Å². The van der Waals surface area contributed by atoms with Crippen LogP contribution in [0.3, 0.4) is 0 Å². The number of phosphoric acid groups is 2. The molecule has 5 atom stereocenters. The molecule has 17 nitrogen and oxygen atoms in total. The lowest BCUT2D eigenvalue weighted by atomic mass is 10.0. The van der Waals surface area contributed by atoms with Crippen molar-refractivity contribution in [2.24, 2.45) is 0 Å². The number of ether oxygens (including phenoxy) is 4. The second kappa shape index (κ2) is 76.3. The van der Waals surface area contributed by atoms with Gasteiger partial charge in [0.2, 0.25) is 0 Å². The van der Waals surface area contributed by atoms with Gasteiger partial charge in [-0.3, -0.25) is 37.3 Å². The summed E-state index contributed by atoms with van der Waals surface area (Å²) in [6.07, 6.45) is 70.0. The maximum atomic E-state index is 13.1. The molecule has 0 amide bonds. The van der Waals surface area contributed by atoms with Crippen molar-refractivity contribution in [3.05, 3.63) is 0 Å². The first-order valence-electron chi connectivity index (χ1n) is 42.8. The summed E-state index contributed by atoms with van der Waals surface area (Å²) in [7, 11) is -9.91. The highest BCUT2D eigenvalue weighted by atomic mass is 31.2. The van der Waals surface area contributed by atoms with Gasteiger partial charge >= 0.3 is 39.5 Å². The molecule has 0 heterocycles. The van der Waals surface area contributed by atoms with E-state index < -0.39 is 97.5 Å². The molecule has 0 aromatic carbocycles. The molecule has 0 saturated carbocycles. The number of hydrogen-bond acceptors (Lipinski definition) is 15. The van der Waals surface area contributed by atoms with E-state index in [1.54, 1.807) is 0 Å². The smallest absolute Gasteiger partial charge is 0.462 e. The molecule has 2 unspecified atom stereocenters. The van der Waals surface area contributed by atoms with E-state index in [9.17, 15) is 43.2 Å². The minimum Gasteiger partial charge on any atom is -0.462 e. The van der Waals surface area contributed by atoms with Crippen LogP contribution < -0.4 is 0 Å². The van der Waals surface area contributed by atoms with E-state index in [2.05, 4.69) is 27.7 Å². The minimum absolute atomic E-state index is 0.108. The Morgan fingerprint density at radius 3 is 0.584 bits per heavy atom. The van der Waals surface area contributed by atoms with Gasteiger partial charge < -0.3 is 33.8 Å². The molecule has 0 aliphatic heterocycles. The Morgan fingerprint density at radius 1 is 0.238 bits per heavy atom. The summed E-state index contributed by atoms with van der Waals surface area (Å²) in [5.41, 5.74) is 0. The summed E-state index contributed by atoms with van der Waals surface area (Å²) in [6.45, 7) is 4.94. The third-order valence-electron chi connectivity index (χ3n) is 19.4. The molecule has 0 bridgehead atoms. The first kappa shape index (κ1) is 99.1. The molecule has 3 N–H and O–H groups in total. The molecule has 101 heavy (non-hydrogen) atoms. The Bertz CT molecular complexity index is 1910. The number of carbonyl (C=O) groups is 4. The zero-order valence-electron chi connectivity index (χ0n) is 65.9. The van der Waals surface area contributed by atoms with E-state index in [1.807, 2.05) is 0 Å². The largest absolute Gasteiger partial charge is 0.472 e. The van der Waals surface area contributed by atoms with Gasteiger partial charge in [0.1, 0.15) is 19.3 Å². The number of phosphoric ester groups is 2. The van der Waals surface area contributed by atoms with Crippen molar-refractivity contribution >= 4 is 39.5 Å². The van der Waals surface area contributed by atoms with Gasteiger partial charge in [-0.05, 0) is 25.7 Å². The van der Waals surface area contributed by atoms with Crippen LogP contribution in [0.5, 0.6) is 0 Å². The normalized spacial score (nSPS) is 13.8. The van der Waals surface area contributed by atoms with E-state index in [0.717, 1.165) is 96.3 Å². The lowest BCUT2D eigenvalue weighted by Crippen LogP contribution is -2.30. The molecule has 0 aromatic heterocycles. The molecule has 0 aliphatic carbocycles. The van der Waals surface area contributed by atoms with Crippen molar-refractivity contribution < 1.29 is 80.2 Å². The van der Waals surface area contributed by atoms with Crippen molar-refractivity contribution in [1.82, 2.24) is 0 Å². The molecule has 19 heteroatoms. The van der Waals surface area contributed by atoms with Crippen molar-refractivity contribution in [3.63, 3.8) is 0 Å². The van der Waals surface area contributed by atoms with Gasteiger partial charge in [-0.25, -0.2) is 9.13 Å². The fraction of sp³-hybridized carbons (Fsp3) is 0.951. The molecule has 0 radical (unpaired) electrons. The molecule has 0 aliphatic rings. The van der Waals surface area contributed by atoms with Crippen LogP contribution in [-0.2, 0) is 65.4 Å². The van der Waals surface area contributed by atoms with E-state index in [4.69, 9.17) is 37.0 Å². The quantitative estimate of drug-likeness (QED) is 0.0222. The van der Waals surface area contributed by atoms with Gasteiger partial charge in [-0.15, -0.1) is 0 Å². The Morgan fingerprint density at radius 2 is 0.396 bits per heavy atom. The molecular weight excluding hydrogens is 1320 g/mol. The summed E-state index contributed by atoms with van der Waals surface area (Å²) >= 11 is 0. The first-order chi connectivity index (χ1) is 49.2. The Labute approximate surface area is 619 Å². The van der Waals surface area contributed by atoms with Gasteiger partial charge in [0, 0.05) is 25.7 Å². The van der Waals surface area contributed by atoms with Crippen LogP contribution in [0, 0.1) is 0 Å². The van der Waals surface area contributed by atoms with Crippen LogP contribution in [0.15, 0.2) is 0 Å².